The van der Waals surface area contributed by atoms with E-state index in [0.717, 1.165) is 23.1 Å². The summed E-state index contributed by atoms with van der Waals surface area (Å²) in [5.74, 6) is -3.60. The van der Waals surface area contributed by atoms with E-state index in [1.165, 1.54) is 0 Å². The zero-order chi connectivity index (χ0) is 23.9. The zero-order valence-electron chi connectivity index (χ0n) is 17.1. The van der Waals surface area contributed by atoms with Crippen LogP contribution in [0.4, 0.5) is 23.7 Å². The molecule has 0 atom stereocenters. The minimum atomic E-state index is -5.08. The SMILES string of the molecule is Cc1ccc(-c2cccnc2)cc1NC(=O)NCC1(C(=O)O)CCC1.O=C(O)C(F)(F)F. The number of alkyl halides is 3. The molecule has 1 aliphatic rings. The molecule has 0 aliphatic heterocycles. The number of hydrogen-bond donors (Lipinski definition) is 4. The predicted molar refractivity (Wildman–Crippen MR) is 109 cm³/mol. The van der Waals surface area contributed by atoms with E-state index in [4.69, 9.17) is 9.90 Å². The van der Waals surface area contributed by atoms with E-state index >= 15 is 0 Å². The monoisotopic (exact) mass is 453 g/mol. The van der Waals surface area contributed by atoms with Crippen LogP contribution in [0.15, 0.2) is 42.7 Å². The van der Waals surface area contributed by atoms with Crippen LogP contribution in [0.1, 0.15) is 24.8 Å². The Bertz CT molecular complexity index is 976. The molecule has 2 aromatic rings. The molecule has 1 aromatic heterocycles. The normalized spacial score (nSPS) is 14.2. The van der Waals surface area contributed by atoms with E-state index in [-0.39, 0.29) is 12.6 Å². The molecule has 0 saturated heterocycles. The summed E-state index contributed by atoms with van der Waals surface area (Å²) in [6, 6.07) is 9.22. The minimum absolute atomic E-state index is 0.148. The van der Waals surface area contributed by atoms with E-state index in [1.54, 1.807) is 12.4 Å². The first kappa shape index (κ1) is 24.6. The van der Waals surface area contributed by atoms with Gasteiger partial charge in [0.05, 0.1) is 5.41 Å². The van der Waals surface area contributed by atoms with Crippen LogP contribution in [0.25, 0.3) is 11.1 Å². The van der Waals surface area contributed by atoms with E-state index < -0.39 is 23.5 Å². The van der Waals surface area contributed by atoms with Gasteiger partial charge in [0.2, 0.25) is 0 Å². The summed E-state index contributed by atoms with van der Waals surface area (Å²) in [6.07, 6.45) is 0.503. The molecular formula is C21H22F3N3O5. The largest absolute Gasteiger partial charge is 0.490 e. The third kappa shape index (κ3) is 6.43. The molecule has 1 heterocycles. The number of carboxylic acids is 2. The molecule has 1 aromatic carbocycles. The van der Waals surface area contributed by atoms with Crippen LogP contribution in [-0.4, -0.2) is 45.9 Å². The highest BCUT2D eigenvalue weighted by molar-refractivity contribution is 5.91. The number of nitrogens with zero attached hydrogens (tertiary/aromatic N) is 1. The Kier molecular flexibility index (Phi) is 7.79. The number of carboxylic acid groups (broad SMARTS) is 2. The summed E-state index contributed by atoms with van der Waals surface area (Å²) < 4.78 is 31.7. The molecule has 8 nitrogen and oxygen atoms in total. The lowest BCUT2D eigenvalue weighted by Gasteiger charge is -2.37. The van der Waals surface area contributed by atoms with Crippen LogP contribution in [0.5, 0.6) is 0 Å². The maximum atomic E-state index is 12.2. The molecule has 2 amide bonds. The number of aliphatic carboxylic acids is 2. The Morgan fingerprint density at radius 1 is 1.12 bits per heavy atom. The summed E-state index contributed by atoms with van der Waals surface area (Å²) in [5, 5.41) is 22.0. The van der Waals surface area contributed by atoms with Crippen molar-refractivity contribution < 1.29 is 37.8 Å². The summed E-state index contributed by atoms with van der Waals surface area (Å²) in [5.41, 5.74) is 2.74. The lowest BCUT2D eigenvalue weighted by atomic mass is 9.69. The number of anilines is 1. The second-order valence-electron chi connectivity index (χ2n) is 7.32. The molecule has 0 radical (unpaired) electrons. The quantitative estimate of drug-likeness (QED) is 0.540. The molecular weight excluding hydrogens is 431 g/mol. The van der Waals surface area contributed by atoms with Gasteiger partial charge in [0.15, 0.2) is 0 Å². The van der Waals surface area contributed by atoms with Crippen molar-refractivity contribution in [1.82, 2.24) is 10.3 Å². The molecule has 0 unspecified atom stereocenters. The van der Waals surface area contributed by atoms with Gasteiger partial charge in [0, 0.05) is 30.2 Å². The van der Waals surface area contributed by atoms with E-state index in [1.807, 2.05) is 37.3 Å². The zero-order valence-corrected chi connectivity index (χ0v) is 17.1. The fourth-order valence-corrected chi connectivity index (χ4v) is 2.96. The molecule has 1 saturated carbocycles. The Hall–Kier alpha value is -3.63. The first-order chi connectivity index (χ1) is 14.9. The van der Waals surface area contributed by atoms with Crippen molar-refractivity contribution >= 4 is 23.7 Å². The third-order valence-electron chi connectivity index (χ3n) is 5.07. The summed E-state index contributed by atoms with van der Waals surface area (Å²) in [6.45, 7) is 2.06. The van der Waals surface area contributed by atoms with Gasteiger partial charge in [-0.2, -0.15) is 13.2 Å². The molecule has 11 heteroatoms. The van der Waals surface area contributed by atoms with Crippen LogP contribution in [0.3, 0.4) is 0 Å². The number of carbonyl (C=O) groups is 3. The van der Waals surface area contributed by atoms with Crippen molar-refractivity contribution in [1.29, 1.82) is 0 Å². The van der Waals surface area contributed by atoms with E-state index in [0.29, 0.717) is 18.5 Å². The van der Waals surface area contributed by atoms with Gasteiger partial charge in [-0.3, -0.25) is 9.78 Å². The predicted octanol–water partition coefficient (Wildman–Crippen LogP) is 4.07. The van der Waals surface area contributed by atoms with Gasteiger partial charge in [-0.15, -0.1) is 0 Å². The summed E-state index contributed by atoms with van der Waals surface area (Å²) in [4.78, 5) is 36.6. The first-order valence-corrected chi connectivity index (χ1v) is 9.54. The fraction of sp³-hybridized carbons (Fsp3) is 0.333. The van der Waals surface area contributed by atoms with Crippen molar-refractivity contribution in [3.8, 4) is 11.1 Å². The second-order valence-corrected chi connectivity index (χ2v) is 7.32. The Morgan fingerprint density at radius 3 is 2.25 bits per heavy atom. The highest BCUT2D eigenvalue weighted by Gasteiger charge is 2.44. The van der Waals surface area contributed by atoms with Gasteiger partial charge in [-0.05, 0) is 43.0 Å². The van der Waals surface area contributed by atoms with Crippen LogP contribution >= 0.6 is 0 Å². The molecule has 0 spiro atoms. The number of aromatic nitrogens is 1. The van der Waals surface area contributed by atoms with Crippen molar-refractivity contribution in [3.63, 3.8) is 0 Å². The van der Waals surface area contributed by atoms with Crippen molar-refractivity contribution in [2.75, 3.05) is 11.9 Å². The number of carbonyl (C=O) groups excluding carboxylic acids is 1. The van der Waals surface area contributed by atoms with Gasteiger partial charge in [-0.25, -0.2) is 9.59 Å². The second kappa shape index (κ2) is 10.1. The van der Waals surface area contributed by atoms with Crippen molar-refractivity contribution in [2.24, 2.45) is 5.41 Å². The molecule has 172 valence electrons. The third-order valence-corrected chi connectivity index (χ3v) is 5.07. The van der Waals surface area contributed by atoms with Crippen molar-refractivity contribution in [2.45, 2.75) is 32.4 Å². The topological polar surface area (TPSA) is 129 Å². The summed E-state index contributed by atoms with van der Waals surface area (Å²) in [7, 11) is 0. The lowest BCUT2D eigenvalue weighted by molar-refractivity contribution is -0.192. The van der Waals surface area contributed by atoms with Gasteiger partial charge in [0.1, 0.15) is 0 Å². The Labute approximate surface area is 181 Å². The average molecular weight is 453 g/mol. The van der Waals surface area contributed by atoms with Crippen LogP contribution < -0.4 is 10.6 Å². The molecule has 4 N–H and O–H groups in total. The maximum Gasteiger partial charge on any atom is 0.490 e. The smallest absolute Gasteiger partial charge is 0.481 e. The molecule has 3 rings (SSSR count). The van der Waals surface area contributed by atoms with Crippen molar-refractivity contribution in [3.05, 3.63) is 48.3 Å². The number of nitrogens with one attached hydrogen (secondary N) is 2. The summed E-state index contributed by atoms with van der Waals surface area (Å²) >= 11 is 0. The molecule has 0 bridgehead atoms. The number of amides is 2. The number of halogens is 3. The van der Waals surface area contributed by atoms with Gasteiger partial charge in [-0.1, -0.05) is 24.6 Å². The molecule has 1 aliphatic carbocycles. The molecule has 32 heavy (non-hydrogen) atoms. The minimum Gasteiger partial charge on any atom is -0.481 e. The molecule has 1 fully saturated rings. The maximum absolute atomic E-state index is 12.2. The number of pyridine rings is 1. The van der Waals surface area contributed by atoms with Gasteiger partial charge >= 0.3 is 24.1 Å². The van der Waals surface area contributed by atoms with E-state index in [2.05, 4.69) is 15.6 Å². The van der Waals surface area contributed by atoms with Crippen LogP contribution in [0.2, 0.25) is 0 Å². The number of urea groups is 1. The van der Waals surface area contributed by atoms with Gasteiger partial charge in [0.25, 0.3) is 0 Å². The highest BCUT2D eigenvalue weighted by atomic mass is 19.4. The average Bonchev–Trinajstić information content (AvgIpc) is 2.69. The first-order valence-electron chi connectivity index (χ1n) is 9.54. The standard InChI is InChI=1S/C19H21N3O3.C2HF3O2/c1-13-5-6-14(15-4-2-9-20-11-15)10-16(13)22-18(25)21-12-19(17(23)24)7-3-8-19;3-2(4,5)1(6)7/h2,4-6,9-11H,3,7-8,12H2,1H3,(H,23,24)(H2,21,22,25);(H,6,7). The number of benzene rings is 1. The number of rotatable bonds is 5. The van der Waals surface area contributed by atoms with Gasteiger partial charge < -0.3 is 20.8 Å². The number of aryl methyl sites for hydroxylation is 1. The van der Waals surface area contributed by atoms with Crippen LogP contribution in [-0.2, 0) is 9.59 Å². The highest BCUT2D eigenvalue weighted by Crippen LogP contribution is 2.40. The van der Waals surface area contributed by atoms with Crippen LogP contribution in [0, 0.1) is 12.3 Å². The van der Waals surface area contributed by atoms with E-state index in [9.17, 15) is 27.9 Å². The fourth-order valence-electron chi connectivity index (χ4n) is 2.96. The number of hydrogen-bond acceptors (Lipinski definition) is 4. The Morgan fingerprint density at radius 2 is 1.78 bits per heavy atom. The Balaban J connectivity index is 0.000000451. The lowest BCUT2D eigenvalue weighted by Crippen LogP contribution is -2.48.